The molecule has 0 amide bonds. The second kappa shape index (κ2) is 16.0. The van der Waals surface area contributed by atoms with Crippen LogP contribution in [0.15, 0.2) is 72.8 Å². The summed E-state index contributed by atoms with van der Waals surface area (Å²) in [7, 11) is -3.59. The van der Waals surface area contributed by atoms with Crippen LogP contribution in [0, 0.1) is 9.52 Å². The average molecular weight is 852 g/mol. The second-order valence-corrected chi connectivity index (χ2v) is 15.6. The molecule has 1 fully saturated rings. The number of anilines is 2. The lowest BCUT2D eigenvalue weighted by Gasteiger charge is -2.25. The quantitative estimate of drug-likeness (QED) is 0.0933. The molecule has 2 aromatic heterocycles. The van der Waals surface area contributed by atoms with Gasteiger partial charge in [-0.2, -0.15) is 18.3 Å². The molecule has 15 heteroatoms. The van der Waals surface area contributed by atoms with Gasteiger partial charge < -0.3 is 14.8 Å². The molecule has 0 spiro atoms. The van der Waals surface area contributed by atoms with Gasteiger partial charge in [-0.3, -0.25) is 4.31 Å². The number of para-hydroxylation sites is 1. The summed E-state index contributed by atoms with van der Waals surface area (Å²) in [6.07, 6.45) is -3.89. The molecule has 9 nitrogen and oxygen atoms in total. The van der Waals surface area contributed by atoms with Gasteiger partial charge in [0.25, 0.3) is 0 Å². The zero-order chi connectivity index (χ0) is 37.0. The fourth-order valence-electron chi connectivity index (χ4n) is 6.31. The SMILES string of the molecule is CCN(c1ccccc1CNc1nc(-c2cc(F)c(OCc3ccccc3)cc2CC(F)(F)F)cc2c1c(I)nn2C1CCCCO1)S(=O)(=O)CC. The van der Waals surface area contributed by atoms with Gasteiger partial charge in [0.15, 0.2) is 17.8 Å². The molecule has 3 aromatic carbocycles. The first-order valence-corrected chi connectivity index (χ1v) is 19.7. The number of aromatic nitrogens is 3. The number of nitrogens with zero attached hydrogens (tertiary/aromatic N) is 4. The lowest BCUT2D eigenvalue weighted by atomic mass is 9.99. The minimum Gasteiger partial charge on any atom is -0.486 e. The highest BCUT2D eigenvalue weighted by molar-refractivity contribution is 14.1. The number of sulfonamides is 1. The molecule has 3 heterocycles. The Labute approximate surface area is 313 Å². The number of hydrogen-bond acceptors (Lipinski definition) is 7. The number of ether oxygens (including phenoxy) is 2. The number of hydrogen-bond donors (Lipinski definition) is 1. The Morgan fingerprint density at radius 1 is 1.04 bits per heavy atom. The van der Waals surface area contributed by atoms with Gasteiger partial charge in [0.1, 0.15) is 16.1 Å². The summed E-state index contributed by atoms with van der Waals surface area (Å²) >= 11 is 2.09. The van der Waals surface area contributed by atoms with Crippen LogP contribution in [0.3, 0.4) is 0 Å². The van der Waals surface area contributed by atoms with Gasteiger partial charge in [0.2, 0.25) is 10.0 Å². The van der Waals surface area contributed by atoms with Crippen LogP contribution in [0.2, 0.25) is 0 Å². The highest BCUT2D eigenvalue weighted by atomic mass is 127. The van der Waals surface area contributed by atoms with Crippen LogP contribution in [-0.4, -0.2) is 48.3 Å². The van der Waals surface area contributed by atoms with Gasteiger partial charge in [-0.15, -0.1) is 0 Å². The van der Waals surface area contributed by atoms with Crippen molar-refractivity contribution >= 4 is 55.0 Å². The van der Waals surface area contributed by atoms with Gasteiger partial charge in [-0.1, -0.05) is 48.5 Å². The van der Waals surface area contributed by atoms with E-state index in [0.29, 0.717) is 38.9 Å². The Balaban J connectivity index is 1.47. The lowest BCUT2D eigenvalue weighted by Crippen LogP contribution is -2.33. The van der Waals surface area contributed by atoms with Gasteiger partial charge in [-0.25, -0.2) is 22.5 Å². The van der Waals surface area contributed by atoms with E-state index in [-0.39, 0.29) is 53.8 Å². The fraction of sp³-hybridized carbons (Fsp3) is 0.351. The summed E-state index contributed by atoms with van der Waals surface area (Å²) in [5.41, 5.74) is 2.26. The summed E-state index contributed by atoms with van der Waals surface area (Å²) in [4.78, 5) is 4.80. The molecule has 1 unspecified atom stereocenters. The summed E-state index contributed by atoms with van der Waals surface area (Å²) in [6.45, 7) is 4.17. The summed E-state index contributed by atoms with van der Waals surface area (Å²) in [6, 6.07) is 19.8. The number of alkyl halides is 3. The molecule has 0 radical (unpaired) electrons. The summed E-state index contributed by atoms with van der Waals surface area (Å²) in [5.74, 6) is -0.934. The Bertz CT molecular complexity index is 2140. The van der Waals surface area contributed by atoms with Crippen molar-refractivity contribution in [3.8, 4) is 17.0 Å². The Morgan fingerprint density at radius 2 is 1.79 bits per heavy atom. The van der Waals surface area contributed by atoms with Crippen LogP contribution in [0.25, 0.3) is 22.2 Å². The number of pyridine rings is 1. The molecule has 0 bridgehead atoms. The molecule has 1 N–H and O–H groups in total. The van der Waals surface area contributed by atoms with E-state index in [1.807, 2.05) is 6.07 Å². The molecule has 0 aliphatic carbocycles. The third kappa shape index (κ3) is 8.46. The monoisotopic (exact) mass is 851 g/mol. The molecule has 5 aromatic rings. The van der Waals surface area contributed by atoms with Gasteiger partial charge in [0.05, 0.1) is 34.5 Å². The van der Waals surface area contributed by atoms with Crippen molar-refractivity contribution in [1.29, 1.82) is 0 Å². The second-order valence-electron chi connectivity index (χ2n) is 12.4. The maximum Gasteiger partial charge on any atom is 0.393 e. The highest BCUT2D eigenvalue weighted by Crippen LogP contribution is 2.39. The Kier molecular flexibility index (Phi) is 11.6. The van der Waals surface area contributed by atoms with E-state index in [0.717, 1.165) is 30.5 Å². The third-order valence-corrected chi connectivity index (χ3v) is 11.4. The highest BCUT2D eigenvalue weighted by Gasteiger charge is 2.31. The van der Waals surface area contributed by atoms with Crippen molar-refractivity contribution < 1.29 is 35.5 Å². The molecule has 1 saturated heterocycles. The van der Waals surface area contributed by atoms with Crippen molar-refractivity contribution in [3.63, 3.8) is 0 Å². The number of benzene rings is 3. The predicted molar refractivity (Wildman–Crippen MR) is 201 cm³/mol. The first kappa shape index (κ1) is 37.8. The van der Waals surface area contributed by atoms with Crippen molar-refractivity contribution in [3.05, 3.63) is 99.0 Å². The normalized spacial score (nSPS) is 15.2. The number of nitrogens with one attached hydrogen (secondary N) is 1. The van der Waals surface area contributed by atoms with Crippen molar-refractivity contribution in [2.24, 2.45) is 0 Å². The number of halogens is 5. The van der Waals surface area contributed by atoms with Crippen molar-refractivity contribution in [2.45, 2.75) is 65.1 Å². The number of rotatable bonds is 13. The first-order valence-electron chi connectivity index (χ1n) is 17.0. The van der Waals surface area contributed by atoms with Crippen LogP contribution in [-0.2, 0) is 34.3 Å². The van der Waals surface area contributed by atoms with E-state index in [2.05, 4.69) is 27.9 Å². The molecule has 52 heavy (non-hydrogen) atoms. The summed E-state index contributed by atoms with van der Waals surface area (Å²) < 4.78 is 99.3. The van der Waals surface area contributed by atoms with Crippen molar-refractivity contribution in [2.75, 3.05) is 28.5 Å². The first-order chi connectivity index (χ1) is 24.9. The standard InChI is InChI=1S/C37H38F4IN5O4S/c1-3-46(52(48,49)4-2)30-15-9-8-14-25(30)22-43-36-34-31(47(45-35(34)42)33-16-10-11-17-50-33)20-29(44-36)27-19-28(38)32(18-26(27)21-37(39,40)41)51-23-24-12-6-5-7-13-24/h5-9,12-15,18-20,33H,3-4,10-11,16-17,21-23H2,1-2H3,(H,43,44). The van der Waals surface area contributed by atoms with E-state index in [9.17, 15) is 21.6 Å². The molecular formula is C37H38F4IN5O4S. The average Bonchev–Trinajstić information content (AvgIpc) is 3.47. The molecule has 1 aliphatic heterocycles. The summed E-state index contributed by atoms with van der Waals surface area (Å²) in [5, 5.41) is 8.69. The van der Waals surface area contributed by atoms with Crippen LogP contribution < -0.4 is 14.4 Å². The predicted octanol–water partition coefficient (Wildman–Crippen LogP) is 9.01. The third-order valence-electron chi connectivity index (χ3n) is 8.83. The molecule has 1 aliphatic rings. The van der Waals surface area contributed by atoms with Gasteiger partial charge >= 0.3 is 6.18 Å². The molecule has 0 saturated carbocycles. The zero-order valence-corrected chi connectivity index (χ0v) is 31.6. The van der Waals surface area contributed by atoms with E-state index in [4.69, 9.17) is 19.6 Å². The van der Waals surface area contributed by atoms with Gasteiger partial charge in [-0.05, 0) is 96.7 Å². The van der Waals surface area contributed by atoms with Crippen molar-refractivity contribution in [1.82, 2.24) is 14.8 Å². The molecule has 6 rings (SSSR count). The zero-order valence-electron chi connectivity index (χ0n) is 28.6. The van der Waals surface area contributed by atoms with Gasteiger partial charge in [0, 0.05) is 25.3 Å². The maximum atomic E-state index is 15.7. The Morgan fingerprint density at radius 3 is 2.48 bits per heavy atom. The smallest absolute Gasteiger partial charge is 0.393 e. The minimum atomic E-state index is -4.62. The molecular weight excluding hydrogens is 813 g/mol. The Hall–Kier alpha value is -3.96. The van der Waals surface area contributed by atoms with Crippen LogP contribution in [0.5, 0.6) is 5.75 Å². The van der Waals surface area contributed by atoms with E-state index >= 15 is 4.39 Å². The largest absolute Gasteiger partial charge is 0.486 e. The maximum absolute atomic E-state index is 15.7. The van der Waals surface area contributed by atoms with Crippen LogP contribution in [0.4, 0.5) is 29.1 Å². The lowest BCUT2D eigenvalue weighted by molar-refractivity contribution is -0.127. The fourth-order valence-corrected chi connectivity index (χ4v) is 8.26. The minimum absolute atomic E-state index is 0.0314. The molecule has 276 valence electrons. The van der Waals surface area contributed by atoms with E-state index < -0.39 is 34.7 Å². The van der Waals surface area contributed by atoms with E-state index in [1.54, 1.807) is 73.1 Å². The van der Waals surface area contributed by atoms with E-state index in [1.165, 1.54) is 4.31 Å². The topological polar surface area (TPSA) is 98.6 Å². The number of fused-ring (bicyclic) bond motifs is 1. The van der Waals surface area contributed by atoms with Crippen LogP contribution in [0.1, 0.15) is 56.0 Å². The molecule has 1 atom stereocenters. The van der Waals surface area contributed by atoms with Crippen LogP contribution >= 0.6 is 22.6 Å².